The molecule has 0 saturated carbocycles. The van der Waals surface area contributed by atoms with Crippen molar-refractivity contribution in [2.75, 3.05) is 24.5 Å². The summed E-state index contributed by atoms with van der Waals surface area (Å²) in [4.78, 5) is 1.81. The predicted octanol–water partition coefficient (Wildman–Crippen LogP) is 4.18. The zero-order valence-corrected chi connectivity index (χ0v) is 12.9. The number of anilines is 1. The summed E-state index contributed by atoms with van der Waals surface area (Å²) in [5.41, 5.74) is -0.411. The van der Waals surface area contributed by atoms with Crippen LogP contribution in [0.3, 0.4) is 0 Å². The molecule has 0 aromatic heterocycles. The molecule has 1 fully saturated rings. The molecule has 0 radical (unpaired) electrons. The van der Waals surface area contributed by atoms with Crippen LogP contribution in [-0.2, 0) is 6.18 Å². The van der Waals surface area contributed by atoms with Crippen LogP contribution in [0.1, 0.15) is 25.8 Å². The van der Waals surface area contributed by atoms with Gasteiger partial charge in [0.25, 0.3) is 0 Å². The molecule has 2 rings (SSSR count). The Bertz CT molecular complexity index is 488. The lowest BCUT2D eigenvalue weighted by Gasteiger charge is -2.23. The molecule has 2 nitrogen and oxygen atoms in total. The molecule has 0 aliphatic carbocycles. The molecule has 0 bridgehead atoms. The first-order valence-electron chi connectivity index (χ1n) is 7.12. The van der Waals surface area contributed by atoms with Crippen molar-refractivity contribution in [2.45, 2.75) is 32.5 Å². The highest BCUT2D eigenvalue weighted by Gasteiger charge is 2.36. The van der Waals surface area contributed by atoms with Gasteiger partial charge in [-0.25, -0.2) is 0 Å². The normalized spacial score (nSPS) is 19.6. The minimum Gasteiger partial charge on any atom is -0.371 e. The van der Waals surface area contributed by atoms with Gasteiger partial charge in [0, 0.05) is 29.8 Å². The lowest BCUT2D eigenvalue weighted by molar-refractivity contribution is -0.137. The first kappa shape index (κ1) is 16.4. The van der Waals surface area contributed by atoms with Crippen molar-refractivity contribution in [2.24, 2.45) is 5.92 Å². The second-order valence-corrected chi connectivity index (χ2v) is 6.26. The van der Waals surface area contributed by atoms with Crippen LogP contribution in [0.4, 0.5) is 18.9 Å². The van der Waals surface area contributed by atoms with Crippen LogP contribution in [0.15, 0.2) is 18.2 Å². The highest BCUT2D eigenvalue weighted by Crippen LogP contribution is 2.39. The predicted molar refractivity (Wildman–Crippen MR) is 79.9 cm³/mol. The standard InChI is InChI=1S/C15H20ClF3N2/c1-10(2)20-8-11-5-6-21(9-11)14-4-3-12(16)7-13(14)15(17,18)19/h3-4,7,10-11,20H,5-6,8-9H2,1-2H3. The molecule has 1 unspecified atom stereocenters. The molecule has 21 heavy (non-hydrogen) atoms. The average Bonchev–Trinajstić information content (AvgIpc) is 2.84. The summed E-state index contributed by atoms with van der Waals surface area (Å²) in [7, 11) is 0. The third kappa shape index (κ3) is 4.27. The Kier molecular flexibility index (Phi) is 5.04. The maximum atomic E-state index is 13.1. The van der Waals surface area contributed by atoms with Crippen molar-refractivity contribution in [1.82, 2.24) is 5.32 Å². The Morgan fingerprint density at radius 2 is 2.10 bits per heavy atom. The number of nitrogens with zero attached hydrogens (tertiary/aromatic N) is 1. The highest BCUT2D eigenvalue weighted by molar-refractivity contribution is 6.30. The summed E-state index contributed by atoms with van der Waals surface area (Å²) >= 11 is 5.71. The number of hydrogen-bond donors (Lipinski definition) is 1. The van der Waals surface area contributed by atoms with Gasteiger partial charge < -0.3 is 10.2 Å². The highest BCUT2D eigenvalue weighted by atomic mass is 35.5. The topological polar surface area (TPSA) is 15.3 Å². The van der Waals surface area contributed by atoms with E-state index in [1.807, 2.05) is 4.90 Å². The van der Waals surface area contributed by atoms with E-state index in [0.29, 0.717) is 25.0 Å². The number of alkyl halides is 3. The third-order valence-corrected chi connectivity index (χ3v) is 3.94. The van der Waals surface area contributed by atoms with E-state index >= 15 is 0 Å². The largest absolute Gasteiger partial charge is 0.418 e. The lowest BCUT2D eigenvalue weighted by atomic mass is 10.1. The number of nitrogens with one attached hydrogen (secondary N) is 1. The molecule has 1 aromatic rings. The number of hydrogen-bond acceptors (Lipinski definition) is 2. The molecule has 1 aromatic carbocycles. The molecule has 6 heteroatoms. The molecule has 1 aliphatic rings. The fourth-order valence-corrected chi connectivity index (χ4v) is 2.80. The molecule has 0 spiro atoms. The molecule has 118 valence electrons. The van der Waals surface area contributed by atoms with Gasteiger partial charge in [-0.3, -0.25) is 0 Å². The van der Waals surface area contributed by atoms with E-state index in [9.17, 15) is 13.2 Å². The van der Waals surface area contributed by atoms with E-state index in [0.717, 1.165) is 19.0 Å². The SMILES string of the molecule is CC(C)NCC1CCN(c2ccc(Cl)cc2C(F)(F)F)C1. The van der Waals surface area contributed by atoms with E-state index in [-0.39, 0.29) is 10.7 Å². The Balaban J connectivity index is 2.13. The molecule has 1 heterocycles. The van der Waals surface area contributed by atoms with E-state index in [1.165, 1.54) is 12.1 Å². The van der Waals surface area contributed by atoms with Gasteiger partial charge in [-0.2, -0.15) is 13.2 Å². The van der Waals surface area contributed by atoms with Crippen LogP contribution in [0.5, 0.6) is 0 Å². The summed E-state index contributed by atoms with van der Waals surface area (Å²) in [6.45, 7) is 6.25. The van der Waals surface area contributed by atoms with Crippen molar-refractivity contribution in [1.29, 1.82) is 0 Å². The van der Waals surface area contributed by atoms with Crippen LogP contribution in [0.2, 0.25) is 5.02 Å². The van der Waals surface area contributed by atoms with Gasteiger partial charge in [-0.1, -0.05) is 25.4 Å². The fourth-order valence-electron chi connectivity index (χ4n) is 2.63. The quantitative estimate of drug-likeness (QED) is 0.895. The Labute approximate surface area is 128 Å². The Morgan fingerprint density at radius 1 is 1.38 bits per heavy atom. The van der Waals surface area contributed by atoms with Gasteiger partial charge in [0.1, 0.15) is 0 Å². The average molecular weight is 321 g/mol. The number of halogens is 4. The first-order chi connectivity index (χ1) is 9.77. The van der Waals surface area contributed by atoms with Crippen LogP contribution in [-0.4, -0.2) is 25.7 Å². The maximum Gasteiger partial charge on any atom is 0.418 e. The van der Waals surface area contributed by atoms with Crippen LogP contribution < -0.4 is 10.2 Å². The first-order valence-corrected chi connectivity index (χ1v) is 7.50. The van der Waals surface area contributed by atoms with Crippen LogP contribution >= 0.6 is 11.6 Å². The van der Waals surface area contributed by atoms with E-state index < -0.39 is 11.7 Å². The summed E-state index contributed by atoms with van der Waals surface area (Å²) in [6.07, 6.45) is -3.48. The van der Waals surface area contributed by atoms with Gasteiger partial charge in [0.2, 0.25) is 0 Å². The zero-order chi connectivity index (χ0) is 15.6. The minimum atomic E-state index is -4.38. The van der Waals surface area contributed by atoms with E-state index in [1.54, 1.807) is 0 Å². The number of rotatable bonds is 4. The van der Waals surface area contributed by atoms with Gasteiger partial charge in [0.15, 0.2) is 0 Å². The van der Waals surface area contributed by atoms with Crippen molar-refractivity contribution >= 4 is 17.3 Å². The molecule has 1 atom stereocenters. The number of benzene rings is 1. The summed E-state index contributed by atoms with van der Waals surface area (Å²) < 4.78 is 39.4. The molecular formula is C15H20ClF3N2. The molecule has 1 saturated heterocycles. The maximum absolute atomic E-state index is 13.1. The molecule has 1 N–H and O–H groups in total. The van der Waals surface area contributed by atoms with E-state index in [4.69, 9.17) is 11.6 Å². The van der Waals surface area contributed by atoms with Crippen LogP contribution in [0.25, 0.3) is 0 Å². The zero-order valence-electron chi connectivity index (χ0n) is 12.2. The van der Waals surface area contributed by atoms with E-state index in [2.05, 4.69) is 19.2 Å². The van der Waals surface area contributed by atoms with Gasteiger partial charge in [-0.05, 0) is 37.1 Å². The summed E-state index contributed by atoms with van der Waals surface area (Å²) in [6, 6.07) is 4.39. The second kappa shape index (κ2) is 6.44. The monoisotopic (exact) mass is 320 g/mol. The third-order valence-electron chi connectivity index (χ3n) is 3.71. The van der Waals surface area contributed by atoms with Gasteiger partial charge in [-0.15, -0.1) is 0 Å². The fraction of sp³-hybridized carbons (Fsp3) is 0.600. The second-order valence-electron chi connectivity index (χ2n) is 5.82. The van der Waals surface area contributed by atoms with Crippen molar-refractivity contribution in [3.8, 4) is 0 Å². The van der Waals surface area contributed by atoms with Crippen molar-refractivity contribution in [3.05, 3.63) is 28.8 Å². The summed E-state index contributed by atoms with van der Waals surface area (Å²) in [5.74, 6) is 0.379. The Morgan fingerprint density at radius 3 is 2.71 bits per heavy atom. The van der Waals surface area contributed by atoms with Crippen LogP contribution in [0, 0.1) is 5.92 Å². The summed E-state index contributed by atoms with van der Waals surface area (Å²) in [5, 5.41) is 3.46. The molecule has 1 aliphatic heterocycles. The smallest absolute Gasteiger partial charge is 0.371 e. The minimum absolute atomic E-state index is 0.114. The molecule has 0 amide bonds. The van der Waals surface area contributed by atoms with Gasteiger partial charge in [0.05, 0.1) is 5.56 Å². The Hall–Kier alpha value is -0.940. The molecular weight excluding hydrogens is 301 g/mol. The van der Waals surface area contributed by atoms with Crippen molar-refractivity contribution < 1.29 is 13.2 Å². The van der Waals surface area contributed by atoms with Crippen molar-refractivity contribution in [3.63, 3.8) is 0 Å². The van der Waals surface area contributed by atoms with Gasteiger partial charge >= 0.3 is 6.18 Å². The lowest BCUT2D eigenvalue weighted by Crippen LogP contribution is -2.31.